The van der Waals surface area contributed by atoms with E-state index in [-0.39, 0.29) is 5.91 Å². The second-order valence-electron chi connectivity index (χ2n) is 6.07. The SMILES string of the molecule is Cc1cnn(Cc2ccc(Cl)cc2)c1NC(=O)C1CN(C)CCO1. The molecule has 128 valence electrons. The molecule has 1 atom stereocenters. The van der Waals surface area contributed by atoms with Gasteiger partial charge in [-0.15, -0.1) is 0 Å². The summed E-state index contributed by atoms with van der Waals surface area (Å²) in [4.78, 5) is 14.6. The number of aryl methyl sites for hydroxylation is 1. The number of rotatable bonds is 4. The van der Waals surface area contributed by atoms with Crippen molar-refractivity contribution >= 4 is 23.3 Å². The highest BCUT2D eigenvalue weighted by molar-refractivity contribution is 6.30. The second kappa shape index (κ2) is 7.34. The Labute approximate surface area is 146 Å². The number of ether oxygens (including phenoxy) is 1. The van der Waals surface area contributed by atoms with Crippen LogP contribution in [0.1, 0.15) is 11.1 Å². The summed E-state index contributed by atoms with van der Waals surface area (Å²) < 4.78 is 7.35. The highest BCUT2D eigenvalue weighted by Crippen LogP contribution is 2.18. The molecule has 1 aromatic carbocycles. The molecule has 1 aliphatic rings. The molecule has 0 saturated carbocycles. The lowest BCUT2D eigenvalue weighted by Gasteiger charge is -2.29. The van der Waals surface area contributed by atoms with Crippen LogP contribution in [0.15, 0.2) is 30.5 Å². The molecule has 0 radical (unpaired) electrons. The van der Waals surface area contributed by atoms with E-state index in [9.17, 15) is 4.79 Å². The Bertz CT molecular complexity index is 714. The summed E-state index contributed by atoms with van der Waals surface area (Å²) in [6, 6.07) is 7.59. The quantitative estimate of drug-likeness (QED) is 0.920. The predicted molar refractivity (Wildman–Crippen MR) is 93.4 cm³/mol. The molecule has 1 amide bonds. The maximum absolute atomic E-state index is 12.5. The van der Waals surface area contributed by atoms with E-state index < -0.39 is 6.10 Å². The van der Waals surface area contributed by atoms with Crippen molar-refractivity contribution in [3.8, 4) is 0 Å². The van der Waals surface area contributed by atoms with E-state index >= 15 is 0 Å². The Morgan fingerprint density at radius 1 is 1.42 bits per heavy atom. The van der Waals surface area contributed by atoms with Crippen LogP contribution in [0.2, 0.25) is 5.02 Å². The first kappa shape index (κ1) is 17.0. The van der Waals surface area contributed by atoms with Crippen molar-refractivity contribution in [1.29, 1.82) is 0 Å². The van der Waals surface area contributed by atoms with Crippen LogP contribution < -0.4 is 5.32 Å². The average molecular weight is 349 g/mol. The summed E-state index contributed by atoms with van der Waals surface area (Å²) >= 11 is 5.92. The zero-order valence-corrected chi connectivity index (χ0v) is 14.6. The Hall–Kier alpha value is -1.89. The second-order valence-corrected chi connectivity index (χ2v) is 6.51. The van der Waals surface area contributed by atoms with Gasteiger partial charge in [-0.2, -0.15) is 5.10 Å². The lowest BCUT2D eigenvalue weighted by molar-refractivity contribution is -0.132. The van der Waals surface area contributed by atoms with Gasteiger partial charge in [0.25, 0.3) is 5.91 Å². The molecule has 1 saturated heterocycles. The van der Waals surface area contributed by atoms with Gasteiger partial charge >= 0.3 is 0 Å². The summed E-state index contributed by atoms with van der Waals surface area (Å²) in [6.07, 6.45) is 1.29. The number of nitrogens with one attached hydrogen (secondary N) is 1. The summed E-state index contributed by atoms with van der Waals surface area (Å²) in [6.45, 7) is 4.49. The lowest BCUT2D eigenvalue weighted by Crippen LogP contribution is -2.46. The van der Waals surface area contributed by atoms with Gasteiger partial charge in [0.1, 0.15) is 11.9 Å². The van der Waals surface area contributed by atoms with Gasteiger partial charge in [-0.05, 0) is 31.7 Å². The fourth-order valence-corrected chi connectivity index (χ4v) is 2.78. The molecular formula is C17H21ClN4O2. The fourth-order valence-electron chi connectivity index (χ4n) is 2.66. The maximum Gasteiger partial charge on any atom is 0.255 e. The molecule has 3 rings (SSSR count). The van der Waals surface area contributed by atoms with Gasteiger partial charge in [-0.3, -0.25) is 4.79 Å². The number of likely N-dealkylation sites (N-methyl/N-ethyl adjacent to an activating group) is 1. The van der Waals surface area contributed by atoms with Gasteiger partial charge in [0.15, 0.2) is 0 Å². The van der Waals surface area contributed by atoms with E-state index in [0.717, 1.165) is 17.7 Å². The molecule has 1 aliphatic heterocycles. The minimum Gasteiger partial charge on any atom is -0.366 e. The number of morpholine rings is 1. The number of anilines is 1. The Balaban J connectivity index is 1.72. The number of nitrogens with zero attached hydrogens (tertiary/aromatic N) is 3. The monoisotopic (exact) mass is 348 g/mol. The van der Waals surface area contributed by atoms with Crippen molar-refractivity contribution in [3.63, 3.8) is 0 Å². The van der Waals surface area contributed by atoms with Crippen molar-refractivity contribution < 1.29 is 9.53 Å². The highest BCUT2D eigenvalue weighted by Gasteiger charge is 2.26. The number of halogens is 1. The first-order valence-corrected chi connectivity index (χ1v) is 8.28. The Morgan fingerprint density at radius 2 is 2.17 bits per heavy atom. The maximum atomic E-state index is 12.5. The van der Waals surface area contributed by atoms with E-state index in [0.29, 0.717) is 30.5 Å². The molecular weight excluding hydrogens is 328 g/mol. The topological polar surface area (TPSA) is 59.4 Å². The van der Waals surface area contributed by atoms with Crippen molar-refractivity contribution in [3.05, 3.63) is 46.6 Å². The van der Waals surface area contributed by atoms with Gasteiger partial charge in [-0.25, -0.2) is 4.68 Å². The number of carbonyl (C=O) groups is 1. The number of hydrogen-bond donors (Lipinski definition) is 1. The predicted octanol–water partition coefficient (Wildman–Crippen LogP) is 2.16. The summed E-state index contributed by atoms with van der Waals surface area (Å²) in [5.74, 6) is 0.564. The molecule has 6 nitrogen and oxygen atoms in total. The summed E-state index contributed by atoms with van der Waals surface area (Å²) in [5.41, 5.74) is 1.98. The number of benzene rings is 1. The zero-order valence-electron chi connectivity index (χ0n) is 13.8. The third kappa shape index (κ3) is 3.95. The molecule has 2 aromatic rings. The molecule has 1 N–H and O–H groups in total. The number of aromatic nitrogens is 2. The zero-order chi connectivity index (χ0) is 17.1. The van der Waals surface area contributed by atoms with Gasteiger partial charge in [0, 0.05) is 23.7 Å². The van der Waals surface area contributed by atoms with E-state index in [1.54, 1.807) is 10.9 Å². The first-order valence-electron chi connectivity index (χ1n) is 7.91. The van der Waals surface area contributed by atoms with Crippen LogP contribution in [0.25, 0.3) is 0 Å². The molecule has 7 heteroatoms. The third-order valence-electron chi connectivity index (χ3n) is 4.07. The number of amides is 1. The molecule has 0 spiro atoms. The van der Waals surface area contributed by atoms with Crippen LogP contribution in [0, 0.1) is 6.92 Å². The molecule has 24 heavy (non-hydrogen) atoms. The average Bonchev–Trinajstić information content (AvgIpc) is 2.90. The molecule has 1 unspecified atom stereocenters. The molecule has 1 aromatic heterocycles. The van der Waals surface area contributed by atoms with Gasteiger partial charge < -0.3 is 15.0 Å². The van der Waals surface area contributed by atoms with Crippen LogP contribution in [0.3, 0.4) is 0 Å². The van der Waals surface area contributed by atoms with E-state index in [1.807, 2.05) is 38.2 Å². The van der Waals surface area contributed by atoms with Gasteiger partial charge in [0.2, 0.25) is 0 Å². The summed E-state index contributed by atoms with van der Waals surface area (Å²) in [5, 5.41) is 8.03. The number of carbonyl (C=O) groups excluding carboxylic acids is 1. The van der Waals surface area contributed by atoms with Crippen molar-refractivity contribution in [2.24, 2.45) is 0 Å². The molecule has 0 bridgehead atoms. The Kier molecular flexibility index (Phi) is 5.18. The largest absolute Gasteiger partial charge is 0.366 e. The van der Waals surface area contributed by atoms with Crippen LogP contribution in [0.5, 0.6) is 0 Å². The smallest absolute Gasteiger partial charge is 0.255 e. The van der Waals surface area contributed by atoms with Gasteiger partial charge in [0.05, 0.1) is 19.3 Å². The lowest BCUT2D eigenvalue weighted by atomic mass is 10.2. The Morgan fingerprint density at radius 3 is 2.88 bits per heavy atom. The third-order valence-corrected chi connectivity index (χ3v) is 4.32. The van der Waals surface area contributed by atoms with Crippen molar-refractivity contribution in [1.82, 2.24) is 14.7 Å². The van der Waals surface area contributed by atoms with E-state index in [1.165, 1.54) is 0 Å². The minimum atomic E-state index is -0.456. The fraction of sp³-hybridized carbons (Fsp3) is 0.412. The van der Waals surface area contributed by atoms with E-state index in [2.05, 4.69) is 15.3 Å². The van der Waals surface area contributed by atoms with Crippen LogP contribution in [-0.2, 0) is 16.1 Å². The highest BCUT2D eigenvalue weighted by atomic mass is 35.5. The van der Waals surface area contributed by atoms with Crippen LogP contribution in [-0.4, -0.2) is 53.4 Å². The standard InChI is InChI=1S/C17H21ClN4O2/c1-12-9-19-22(10-13-3-5-14(18)6-4-13)16(12)20-17(23)15-11-21(2)7-8-24-15/h3-6,9,15H,7-8,10-11H2,1-2H3,(H,20,23). The molecule has 2 heterocycles. The number of hydrogen-bond acceptors (Lipinski definition) is 4. The summed E-state index contributed by atoms with van der Waals surface area (Å²) in [7, 11) is 1.98. The van der Waals surface area contributed by atoms with Crippen molar-refractivity contribution in [2.75, 3.05) is 32.1 Å². The normalized spacial score (nSPS) is 18.5. The van der Waals surface area contributed by atoms with Crippen LogP contribution >= 0.6 is 11.6 Å². The molecule has 0 aliphatic carbocycles. The first-order chi connectivity index (χ1) is 11.5. The molecule has 1 fully saturated rings. The minimum absolute atomic E-state index is 0.137. The van der Waals surface area contributed by atoms with E-state index in [4.69, 9.17) is 16.3 Å². The van der Waals surface area contributed by atoms with Gasteiger partial charge in [-0.1, -0.05) is 23.7 Å². The van der Waals surface area contributed by atoms with Crippen molar-refractivity contribution in [2.45, 2.75) is 19.6 Å². The van der Waals surface area contributed by atoms with Crippen LogP contribution in [0.4, 0.5) is 5.82 Å².